The van der Waals surface area contributed by atoms with Gasteiger partial charge in [0.15, 0.2) is 0 Å². The van der Waals surface area contributed by atoms with Gasteiger partial charge in [-0.25, -0.2) is 0 Å². The van der Waals surface area contributed by atoms with E-state index < -0.39 is 5.41 Å². The zero-order chi connectivity index (χ0) is 38.7. The summed E-state index contributed by atoms with van der Waals surface area (Å²) in [5.41, 5.74) is 17.8. The molecule has 0 saturated heterocycles. The molecule has 0 saturated carbocycles. The molecule has 0 fully saturated rings. The Kier molecular flexibility index (Phi) is 6.74. The molecule has 2 aliphatic rings. The molecule has 2 aliphatic carbocycles. The lowest BCUT2D eigenvalue weighted by Crippen LogP contribution is -2.26. The van der Waals surface area contributed by atoms with Gasteiger partial charge in [0.2, 0.25) is 0 Å². The van der Waals surface area contributed by atoms with Crippen LogP contribution in [-0.4, -0.2) is 0 Å². The second-order valence-electron chi connectivity index (χ2n) is 16.3. The van der Waals surface area contributed by atoms with Crippen molar-refractivity contribution in [3.63, 3.8) is 0 Å². The molecular formula is C59H36. The van der Waals surface area contributed by atoms with Gasteiger partial charge in [0.25, 0.3) is 0 Å². The zero-order valence-corrected chi connectivity index (χ0v) is 32.3. The fourth-order valence-electron chi connectivity index (χ4n) is 11.1. The third-order valence-corrected chi connectivity index (χ3v) is 13.4. The van der Waals surface area contributed by atoms with E-state index >= 15 is 0 Å². The smallest absolute Gasteiger partial charge is 0.0622 e. The monoisotopic (exact) mass is 744 g/mol. The van der Waals surface area contributed by atoms with Crippen molar-refractivity contribution in [2.45, 2.75) is 5.41 Å². The molecule has 0 N–H and O–H groups in total. The lowest BCUT2D eigenvalue weighted by molar-refractivity contribution is 0.796. The summed E-state index contributed by atoms with van der Waals surface area (Å²) in [7, 11) is 0. The zero-order valence-electron chi connectivity index (χ0n) is 32.3. The topological polar surface area (TPSA) is 0 Å². The van der Waals surface area contributed by atoms with E-state index in [0.717, 1.165) is 0 Å². The molecule has 0 aliphatic heterocycles. The second-order valence-corrected chi connectivity index (χ2v) is 16.3. The Hall–Kier alpha value is -7.54. The highest BCUT2D eigenvalue weighted by Gasteiger charge is 2.52. The summed E-state index contributed by atoms with van der Waals surface area (Å²) >= 11 is 0. The summed E-state index contributed by atoms with van der Waals surface area (Å²) in [6, 6.07) is 82.0. The second kappa shape index (κ2) is 12.2. The Balaban J connectivity index is 1.18. The summed E-state index contributed by atoms with van der Waals surface area (Å²) in [6.07, 6.45) is 0. The van der Waals surface area contributed by atoms with E-state index in [-0.39, 0.29) is 0 Å². The van der Waals surface area contributed by atoms with Crippen molar-refractivity contribution in [2.75, 3.05) is 0 Å². The van der Waals surface area contributed by atoms with Crippen molar-refractivity contribution in [3.05, 3.63) is 241 Å². The molecule has 0 heterocycles. The standard InChI is InChI=1S/C59H36/c1-2-17-37(18-3-1)38-21-16-22-41(33-38)56-46-27-8-10-29-48(46)57(49-30-11-9-28-47(49)56)50-36-55-58(45-26-7-6-23-42(45)50)51-34-39-19-4-5-20-40(39)35-54(51)59(55)52-31-14-12-24-43(52)44-25-13-15-32-53(44)59/h1-36H. The first kappa shape index (κ1) is 32.5. The van der Waals surface area contributed by atoms with Crippen LogP contribution in [0.25, 0.3) is 98.7 Å². The number of benzene rings is 11. The van der Waals surface area contributed by atoms with Crippen LogP contribution in [0.1, 0.15) is 22.3 Å². The SMILES string of the molecule is c1ccc(-c2cccc(-c3c4ccccc4c(-c4cc5c(c6ccccc46)-c4cc6ccccc6cc4C54c5ccccc5-c5ccccc54)c4ccccc34)c2)cc1. The summed E-state index contributed by atoms with van der Waals surface area (Å²) in [5.74, 6) is 0. The highest BCUT2D eigenvalue weighted by molar-refractivity contribution is 6.25. The van der Waals surface area contributed by atoms with Gasteiger partial charge in [-0.2, -0.15) is 0 Å². The molecule has 0 unspecified atom stereocenters. The van der Waals surface area contributed by atoms with E-state index in [1.807, 2.05) is 0 Å². The Morgan fingerprint density at radius 2 is 0.695 bits per heavy atom. The number of hydrogen-bond acceptors (Lipinski definition) is 0. The van der Waals surface area contributed by atoms with Crippen molar-refractivity contribution in [1.29, 1.82) is 0 Å². The van der Waals surface area contributed by atoms with E-state index in [4.69, 9.17) is 0 Å². The molecule has 13 rings (SSSR count). The number of hydrogen-bond donors (Lipinski definition) is 0. The van der Waals surface area contributed by atoms with Crippen LogP contribution in [-0.2, 0) is 5.41 Å². The first-order valence-corrected chi connectivity index (χ1v) is 20.7. The molecule has 0 radical (unpaired) electrons. The van der Waals surface area contributed by atoms with E-state index in [0.29, 0.717) is 0 Å². The Bertz CT molecular complexity index is 3450. The van der Waals surface area contributed by atoms with Crippen molar-refractivity contribution in [1.82, 2.24) is 0 Å². The van der Waals surface area contributed by atoms with Crippen LogP contribution in [0.4, 0.5) is 0 Å². The van der Waals surface area contributed by atoms with E-state index in [1.54, 1.807) is 0 Å². The van der Waals surface area contributed by atoms with Crippen LogP contribution in [0.3, 0.4) is 0 Å². The van der Waals surface area contributed by atoms with Crippen LogP contribution in [0.5, 0.6) is 0 Å². The van der Waals surface area contributed by atoms with Gasteiger partial charge < -0.3 is 0 Å². The Morgan fingerprint density at radius 3 is 1.34 bits per heavy atom. The van der Waals surface area contributed by atoms with Crippen LogP contribution in [0, 0.1) is 0 Å². The molecule has 0 heteroatoms. The molecule has 272 valence electrons. The fourth-order valence-corrected chi connectivity index (χ4v) is 11.1. The third-order valence-electron chi connectivity index (χ3n) is 13.4. The summed E-state index contributed by atoms with van der Waals surface area (Å²) in [6.45, 7) is 0. The molecule has 0 aromatic heterocycles. The van der Waals surface area contributed by atoms with Crippen molar-refractivity contribution in [2.24, 2.45) is 0 Å². The Labute approximate surface area is 343 Å². The molecule has 0 atom stereocenters. The lowest BCUT2D eigenvalue weighted by Gasteiger charge is -2.31. The maximum Gasteiger partial charge on any atom is 0.0726 e. The molecule has 59 heavy (non-hydrogen) atoms. The first-order valence-electron chi connectivity index (χ1n) is 20.7. The molecule has 0 nitrogen and oxygen atoms in total. The summed E-state index contributed by atoms with van der Waals surface area (Å²) in [5, 5.41) is 10.2. The van der Waals surface area contributed by atoms with Gasteiger partial charge in [0.1, 0.15) is 0 Å². The van der Waals surface area contributed by atoms with Crippen LogP contribution < -0.4 is 0 Å². The van der Waals surface area contributed by atoms with Crippen LogP contribution in [0.15, 0.2) is 218 Å². The molecular weight excluding hydrogens is 709 g/mol. The van der Waals surface area contributed by atoms with Gasteiger partial charge in [-0.1, -0.05) is 194 Å². The normalized spacial score (nSPS) is 13.2. The van der Waals surface area contributed by atoms with Gasteiger partial charge in [0.05, 0.1) is 5.41 Å². The summed E-state index contributed by atoms with van der Waals surface area (Å²) < 4.78 is 0. The van der Waals surface area contributed by atoms with Crippen molar-refractivity contribution < 1.29 is 0 Å². The van der Waals surface area contributed by atoms with Gasteiger partial charge in [0, 0.05) is 0 Å². The van der Waals surface area contributed by atoms with E-state index in [1.165, 1.54) is 121 Å². The maximum atomic E-state index is 2.60. The predicted octanol–water partition coefficient (Wildman–Crippen LogP) is 15.6. The minimum absolute atomic E-state index is 0.482. The third kappa shape index (κ3) is 4.38. The fraction of sp³-hybridized carbons (Fsp3) is 0.0169. The quantitative estimate of drug-likeness (QED) is 0.158. The average molecular weight is 745 g/mol. The molecule has 11 aromatic carbocycles. The predicted molar refractivity (Wildman–Crippen MR) is 249 cm³/mol. The molecule has 1 spiro atoms. The van der Waals surface area contributed by atoms with Gasteiger partial charge in [-0.3, -0.25) is 0 Å². The highest BCUT2D eigenvalue weighted by Crippen LogP contribution is 2.65. The van der Waals surface area contributed by atoms with E-state index in [9.17, 15) is 0 Å². The lowest BCUT2D eigenvalue weighted by atomic mass is 9.69. The van der Waals surface area contributed by atoms with Gasteiger partial charge in [-0.15, -0.1) is 0 Å². The van der Waals surface area contributed by atoms with Crippen LogP contribution >= 0.6 is 0 Å². The number of rotatable bonds is 3. The highest BCUT2D eigenvalue weighted by atomic mass is 14.5. The van der Waals surface area contributed by atoms with Crippen molar-refractivity contribution >= 4 is 43.1 Å². The minimum Gasteiger partial charge on any atom is -0.0622 e. The Morgan fingerprint density at radius 1 is 0.220 bits per heavy atom. The minimum atomic E-state index is -0.482. The molecule has 11 aromatic rings. The van der Waals surface area contributed by atoms with Crippen molar-refractivity contribution in [3.8, 4) is 55.6 Å². The molecule has 0 amide bonds. The summed E-state index contributed by atoms with van der Waals surface area (Å²) in [4.78, 5) is 0. The maximum absolute atomic E-state index is 2.60. The van der Waals surface area contributed by atoms with Gasteiger partial charge in [-0.05, 0) is 145 Å². The average Bonchev–Trinajstić information content (AvgIpc) is 3.77. The van der Waals surface area contributed by atoms with Gasteiger partial charge >= 0.3 is 0 Å². The van der Waals surface area contributed by atoms with Crippen LogP contribution in [0.2, 0.25) is 0 Å². The first-order chi connectivity index (χ1) is 29.3. The number of fused-ring (bicyclic) bond motifs is 15. The molecule has 0 bridgehead atoms. The van der Waals surface area contributed by atoms with E-state index in [2.05, 4.69) is 218 Å². The largest absolute Gasteiger partial charge is 0.0726 e.